The van der Waals surface area contributed by atoms with Crippen molar-refractivity contribution >= 4 is 34.0 Å². The SMILES string of the molecule is CC(C)(C)CC(=O)N1CCc2cc(C(=O)Nc3nccs3)ccc21. The van der Waals surface area contributed by atoms with Gasteiger partial charge in [0, 0.05) is 35.8 Å². The van der Waals surface area contributed by atoms with Gasteiger partial charge in [0.25, 0.3) is 5.91 Å². The number of thiazole rings is 1. The zero-order chi connectivity index (χ0) is 17.3. The molecule has 5 nitrogen and oxygen atoms in total. The van der Waals surface area contributed by atoms with Gasteiger partial charge in [0.2, 0.25) is 5.91 Å². The maximum Gasteiger partial charge on any atom is 0.257 e. The molecule has 1 aliphatic rings. The minimum atomic E-state index is -0.174. The third kappa shape index (κ3) is 3.64. The number of anilines is 2. The molecule has 0 saturated heterocycles. The molecule has 1 aromatic heterocycles. The maximum atomic E-state index is 12.5. The number of nitrogens with zero attached hydrogens (tertiary/aromatic N) is 2. The second kappa shape index (κ2) is 6.36. The van der Waals surface area contributed by atoms with Crippen molar-refractivity contribution in [2.75, 3.05) is 16.8 Å². The van der Waals surface area contributed by atoms with E-state index in [0.717, 1.165) is 17.7 Å². The Bertz CT molecular complexity index is 763. The minimum absolute atomic E-state index is 0.0344. The number of fused-ring (bicyclic) bond motifs is 1. The summed E-state index contributed by atoms with van der Waals surface area (Å²) in [7, 11) is 0. The summed E-state index contributed by atoms with van der Waals surface area (Å²) in [5.74, 6) is -0.0338. The Labute approximate surface area is 145 Å². The molecule has 0 spiro atoms. The number of carbonyl (C=O) groups is 2. The molecule has 0 aliphatic carbocycles. The molecule has 1 aliphatic heterocycles. The van der Waals surface area contributed by atoms with Crippen LogP contribution in [0.1, 0.15) is 43.1 Å². The van der Waals surface area contributed by atoms with Crippen molar-refractivity contribution in [3.8, 4) is 0 Å². The Balaban J connectivity index is 1.75. The fourth-order valence-electron chi connectivity index (χ4n) is 2.81. The van der Waals surface area contributed by atoms with Crippen LogP contribution in [0.2, 0.25) is 0 Å². The van der Waals surface area contributed by atoms with Crippen LogP contribution >= 0.6 is 11.3 Å². The molecule has 3 rings (SSSR count). The highest BCUT2D eigenvalue weighted by Gasteiger charge is 2.28. The summed E-state index contributed by atoms with van der Waals surface area (Å²) in [6.07, 6.45) is 2.95. The molecule has 2 amide bonds. The van der Waals surface area contributed by atoms with Crippen molar-refractivity contribution in [3.05, 3.63) is 40.9 Å². The topological polar surface area (TPSA) is 62.3 Å². The number of hydrogen-bond acceptors (Lipinski definition) is 4. The van der Waals surface area contributed by atoms with Gasteiger partial charge in [-0.15, -0.1) is 11.3 Å². The molecule has 0 atom stereocenters. The number of amides is 2. The van der Waals surface area contributed by atoms with Gasteiger partial charge in [0.1, 0.15) is 0 Å². The third-order valence-corrected chi connectivity index (χ3v) is 4.56. The smallest absolute Gasteiger partial charge is 0.257 e. The van der Waals surface area contributed by atoms with E-state index in [1.54, 1.807) is 12.3 Å². The van der Waals surface area contributed by atoms with Crippen LogP contribution in [0.15, 0.2) is 29.8 Å². The molecule has 24 heavy (non-hydrogen) atoms. The first-order valence-corrected chi connectivity index (χ1v) is 8.86. The van der Waals surface area contributed by atoms with E-state index in [9.17, 15) is 9.59 Å². The Hall–Kier alpha value is -2.21. The van der Waals surface area contributed by atoms with E-state index in [4.69, 9.17) is 0 Å². The van der Waals surface area contributed by atoms with Crippen LogP contribution in [0.4, 0.5) is 10.8 Å². The van der Waals surface area contributed by atoms with Crippen molar-refractivity contribution in [1.82, 2.24) is 4.98 Å². The summed E-state index contributed by atoms with van der Waals surface area (Å²) in [4.78, 5) is 30.7. The van der Waals surface area contributed by atoms with E-state index in [2.05, 4.69) is 31.1 Å². The lowest BCUT2D eigenvalue weighted by Gasteiger charge is -2.23. The van der Waals surface area contributed by atoms with Crippen LogP contribution in [-0.2, 0) is 11.2 Å². The highest BCUT2D eigenvalue weighted by atomic mass is 32.1. The van der Waals surface area contributed by atoms with E-state index in [-0.39, 0.29) is 17.2 Å². The molecule has 0 saturated carbocycles. The van der Waals surface area contributed by atoms with Crippen LogP contribution in [0, 0.1) is 5.41 Å². The fourth-order valence-corrected chi connectivity index (χ4v) is 3.33. The number of aromatic nitrogens is 1. The lowest BCUT2D eigenvalue weighted by Crippen LogP contribution is -2.31. The molecular formula is C18H21N3O2S. The molecule has 1 aromatic carbocycles. The number of carbonyl (C=O) groups excluding carboxylic acids is 2. The zero-order valence-electron chi connectivity index (χ0n) is 14.1. The number of rotatable bonds is 3. The lowest BCUT2D eigenvalue weighted by molar-refractivity contribution is -0.120. The highest BCUT2D eigenvalue weighted by Crippen LogP contribution is 2.31. The average molecular weight is 343 g/mol. The number of benzene rings is 1. The number of hydrogen-bond donors (Lipinski definition) is 1. The van der Waals surface area contributed by atoms with Gasteiger partial charge in [-0.1, -0.05) is 20.8 Å². The van der Waals surface area contributed by atoms with E-state index >= 15 is 0 Å². The van der Waals surface area contributed by atoms with Gasteiger partial charge in [-0.25, -0.2) is 4.98 Å². The van der Waals surface area contributed by atoms with Crippen molar-refractivity contribution in [2.45, 2.75) is 33.6 Å². The largest absolute Gasteiger partial charge is 0.312 e. The molecule has 2 heterocycles. The quantitative estimate of drug-likeness (QED) is 0.924. The minimum Gasteiger partial charge on any atom is -0.312 e. The van der Waals surface area contributed by atoms with Gasteiger partial charge in [0.05, 0.1) is 0 Å². The Kier molecular flexibility index (Phi) is 4.41. The molecule has 0 unspecified atom stereocenters. The Morgan fingerprint density at radius 2 is 2.12 bits per heavy atom. The summed E-state index contributed by atoms with van der Waals surface area (Å²) < 4.78 is 0. The Morgan fingerprint density at radius 3 is 2.79 bits per heavy atom. The monoisotopic (exact) mass is 343 g/mol. The van der Waals surface area contributed by atoms with Crippen molar-refractivity contribution in [2.24, 2.45) is 5.41 Å². The summed E-state index contributed by atoms with van der Waals surface area (Å²) in [5, 5.41) is 5.18. The number of nitrogens with one attached hydrogen (secondary N) is 1. The molecular weight excluding hydrogens is 322 g/mol. The van der Waals surface area contributed by atoms with Crippen LogP contribution in [0.25, 0.3) is 0 Å². The van der Waals surface area contributed by atoms with Crippen LogP contribution in [0.5, 0.6) is 0 Å². The predicted molar refractivity (Wildman–Crippen MR) is 96.6 cm³/mol. The molecule has 0 radical (unpaired) electrons. The molecule has 2 aromatic rings. The molecule has 1 N–H and O–H groups in total. The second-order valence-electron chi connectivity index (χ2n) is 7.17. The van der Waals surface area contributed by atoms with E-state index in [0.29, 0.717) is 23.7 Å². The van der Waals surface area contributed by atoms with Crippen LogP contribution in [0.3, 0.4) is 0 Å². The standard InChI is InChI=1S/C18H21N3O2S/c1-18(2,3)11-15(22)21-8-6-12-10-13(4-5-14(12)21)16(23)20-17-19-7-9-24-17/h4-5,7,9-10H,6,8,11H2,1-3H3,(H,19,20,23). The highest BCUT2D eigenvalue weighted by molar-refractivity contribution is 7.13. The van der Waals surface area contributed by atoms with Gasteiger partial charge in [0.15, 0.2) is 5.13 Å². The second-order valence-corrected chi connectivity index (χ2v) is 8.06. The molecule has 0 bridgehead atoms. The predicted octanol–water partition coefficient (Wildman–Crippen LogP) is 3.72. The van der Waals surface area contributed by atoms with Gasteiger partial charge in [-0.3, -0.25) is 14.9 Å². The van der Waals surface area contributed by atoms with Crippen LogP contribution in [-0.4, -0.2) is 23.3 Å². The summed E-state index contributed by atoms with van der Waals surface area (Å²) in [6.45, 7) is 6.87. The van der Waals surface area contributed by atoms with Gasteiger partial charge < -0.3 is 4.90 Å². The van der Waals surface area contributed by atoms with Crippen molar-refractivity contribution < 1.29 is 9.59 Å². The average Bonchev–Trinajstić information content (AvgIpc) is 3.13. The van der Waals surface area contributed by atoms with E-state index < -0.39 is 0 Å². The molecule has 6 heteroatoms. The Morgan fingerprint density at radius 1 is 1.33 bits per heavy atom. The first-order valence-electron chi connectivity index (χ1n) is 7.98. The maximum absolute atomic E-state index is 12.5. The van der Waals surface area contributed by atoms with Gasteiger partial charge in [-0.05, 0) is 35.6 Å². The summed E-state index contributed by atoms with van der Waals surface area (Å²) >= 11 is 1.38. The zero-order valence-corrected chi connectivity index (χ0v) is 14.9. The van der Waals surface area contributed by atoms with E-state index in [1.165, 1.54) is 11.3 Å². The van der Waals surface area contributed by atoms with Gasteiger partial charge >= 0.3 is 0 Å². The fraction of sp³-hybridized carbons (Fsp3) is 0.389. The molecule has 126 valence electrons. The first-order chi connectivity index (χ1) is 11.3. The lowest BCUT2D eigenvalue weighted by atomic mass is 9.91. The van der Waals surface area contributed by atoms with Crippen molar-refractivity contribution in [1.29, 1.82) is 0 Å². The van der Waals surface area contributed by atoms with Crippen LogP contribution < -0.4 is 10.2 Å². The normalized spacial score (nSPS) is 13.7. The summed E-state index contributed by atoms with van der Waals surface area (Å²) in [5.41, 5.74) is 2.53. The van der Waals surface area contributed by atoms with Crippen molar-refractivity contribution in [3.63, 3.8) is 0 Å². The van der Waals surface area contributed by atoms with E-state index in [1.807, 2.05) is 22.4 Å². The summed E-state index contributed by atoms with van der Waals surface area (Å²) in [6, 6.07) is 5.52. The van der Waals surface area contributed by atoms with Gasteiger partial charge in [-0.2, -0.15) is 0 Å². The molecule has 0 fully saturated rings. The first kappa shape index (κ1) is 16.6. The third-order valence-electron chi connectivity index (χ3n) is 3.87.